The SMILES string of the molecule is CCCCNC(=O)c1nnn(Cc2ccc(C)cc2)c1OC. The number of ether oxygens (including phenoxy) is 1. The van der Waals surface area contributed by atoms with E-state index in [2.05, 4.69) is 22.6 Å². The van der Waals surface area contributed by atoms with E-state index >= 15 is 0 Å². The summed E-state index contributed by atoms with van der Waals surface area (Å²) in [5, 5.41) is 10.8. The van der Waals surface area contributed by atoms with Crippen LogP contribution in [0, 0.1) is 6.92 Å². The number of hydrogen-bond donors (Lipinski definition) is 1. The lowest BCUT2D eigenvalue weighted by Gasteiger charge is -2.07. The van der Waals surface area contributed by atoms with Gasteiger partial charge >= 0.3 is 0 Å². The van der Waals surface area contributed by atoms with Crippen molar-refractivity contribution in [3.63, 3.8) is 0 Å². The van der Waals surface area contributed by atoms with Gasteiger partial charge in [-0.3, -0.25) is 4.79 Å². The zero-order valence-electron chi connectivity index (χ0n) is 13.3. The molecular formula is C16H22N4O2. The molecule has 0 aliphatic heterocycles. The lowest BCUT2D eigenvalue weighted by molar-refractivity contribution is 0.0944. The molecule has 0 aliphatic rings. The second-order valence-electron chi connectivity index (χ2n) is 5.20. The molecule has 0 unspecified atom stereocenters. The molecule has 118 valence electrons. The third-order valence-corrected chi connectivity index (χ3v) is 3.37. The van der Waals surface area contributed by atoms with Gasteiger partial charge in [-0.1, -0.05) is 48.4 Å². The Bertz CT molecular complexity index is 620. The van der Waals surface area contributed by atoms with Gasteiger partial charge in [0, 0.05) is 6.54 Å². The van der Waals surface area contributed by atoms with Gasteiger partial charge in [-0.2, -0.15) is 0 Å². The topological polar surface area (TPSA) is 69.0 Å². The number of nitrogens with one attached hydrogen (secondary N) is 1. The van der Waals surface area contributed by atoms with E-state index in [0.717, 1.165) is 18.4 Å². The first-order valence-corrected chi connectivity index (χ1v) is 7.47. The molecule has 6 nitrogen and oxygen atoms in total. The first kappa shape index (κ1) is 16.0. The Balaban J connectivity index is 2.13. The Labute approximate surface area is 130 Å². The summed E-state index contributed by atoms with van der Waals surface area (Å²) in [6, 6.07) is 8.13. The molecule has 0 saturated heterocycles. The van der Waals surface area contributed by atoms with Crippen LogP contribution >= 0.6 is 0 Å². The molecule has 0 fully saturated rings. The molecule has 2 rings (SSSR count). The quantitative estimate of drug-likeness (QED) is 0.796. The van der Waals surface area contributed by atoms with Crippen LogP contribution in [0.1, 0.15) is 41.4 Å². The van der Waals surface area contributed by atoms with Crippen molar-refractivity contribution in [3.05, 3.63) is 41.1 Å². The van der Waals surface area contributed by atoms with Crippen LogP contribution in [0.15, 0.2) is 24.3 Å². The van der Waals surface area contributed by atoms with E-state index in [-0.39, 0.29) is 11.6 Å². The lowest BCUT2D eigenvalue weighted by Crippen LogP contribution is -2.25. The standard InChI is InChI=1S/C16H22N4O2/c1-4-5-10-17-15(21)14-16(22-3)20(19-18-14)11-13-8-6-12(2)7-9-13/h6-9H,4-5,10-11H2,1-3H3,(H,17,21). The largest absolute Gasteiger partial charge is 0.479 e. The van der Waals surface area contributed by atoms with Crippen molar-refractivity contribution in [1.82, 2.24) is 20.3 Å². The highest BCUT2D eigenvalue weighted by atomic mass is 16.5. The van der Waals surface area contributed by atoms with E-state index in [0.29, 0.717) is 19.0 Å². The number of carbonyl (C=O) groups is 1. The maximum Gasteiger partial charge on any atom is 0.277 e. The van der Waals surface area contributed by atoms with Gasteiger partial charge in [0.15, 0.2) is 0 Å². The summed E-state index contributed by atoms with van der Waals surface area (Å²) in [5.41, 5.74) is 2.50. The zero-order chi connectivity index (χ0) is 15.9. The minimum Gasteiger partial charge on any atom is -0.479 e. The number of unbranched alkanes of at least 4 members (excludes halogenated alkanes) is 1. The van der Waals surface area contributed by atoms with E-state index in [1.54, 1.807) is 4.68 Å². The predicted octanol–water partition coefficient (Wildman–Crippen LogP) is 2.17. The number of methoxy groups -OCH3 is 1. The second kappa shape index (κ2) is 7.59. The molecule has 2 aromatic rings. The number of rotatable bonds is 7. The highest BCUT2D eigenvalue weighted by Crippen LogP contribution is 2.17. The van der Waals surface area contributed by atoms with Crippen molar-refractivity contribution in [2.45, 2.75) is 33.2 Å². The fraction of sp³-hybridized carbons (Fsp3) is 0.438. The third kappa shape index (κ3) is 3.84. The number of amides is 1. The summed E-state index contributed by atoms with van der Waals surface area (Å²) >= 11 is 0. The van der Waals surface area contributed by atoms with Crippen molar-refractivity contribution in [3.8, 4) is 5.88 Å². The molecule has 22 heavy (non-hydrogen) atoms. The van der Waals surface area contributed by atoms with Crippen LogP contribution in [-0.4, -0.2) is 34.6 Å². The fourth-order valence-electron chi connectivity index (χ4n) is 2.08. The normalized spacial score (nSPS) is 10.5. The van der Waals surface area contributed by atoms with Crippen molar-refractivity contribution in [2.75, 3.05) is 13.7 Å². The summed E-state index contributed by atoms with van der Waals surface area (Å²) < 4.78 is 6.91. The first-order valence-electron chi connectivity index (χ1n) is 7.47. The van der Waals surface area contributed by atoms with Gasteiger partial charge in [-0.15, -0.1) is 5.10 Å². The number of carbonyl (C=O) groups excluding carboxylic acids is 1. The Morgan fingerprint density at radius 1 is 1.32 bits per heavy atom. The summed E-state index contributed by atoms with van der Waals surface area (Å²) in [5.74, 6) is 0.134. The van der Waals surface area contributed by atoms with Gasteiger partial charge in [0.1, 0.15) is 0 Å². The molecule has 0 atom stereocenters. The number of hydrogen-bond acceptors (Lipinski definition) is 4. The van der Waals surface area contributed by atoms with Gasteiger partial charge in [0.25, 0.3) is 5.91 Å². The van der Waals surface area contributed by atoms with Crippen LogP contribution in [0.5, 0.6) is 5.88 Å². The van der Waals surface area contributed by atoms with Crippen LogP contribution in [0.2, 0.25) is 0 Å². The molecular weight excluding hydrogens is 280 g/mol. The second-order valence-corrected chi connectivity index (χ2v) is 5.20. The van der Waals surface area contributed by atoms with E-state index in [9.17, 15) is 4.79 Å². The van der Waals surface area contributed by atoms with E-state index in [1.165, 1.54) is 12.7 Å². The maximum absolute atomic E-state index is 12.1. The lowest BCUT2D eigenvalue weighted by atomic mass is 10.1. The van der Waals surface area contributed by atoms with Crippen LogP contribution in [0.3, 0.4) is 0 Å². The average molecular weight is 302 g/mol. The summed E-state index contributed by atoms with van der Waals surface area (Å²) in [4.78, 5) is 12.1. The van der Waals surface area contributed by atoms with Gasteiger partial charge in [0.2, 0.25) is 11.6 Å². The molecule has 0 radical (unpaired) electrons. The Morgan fingerprint density at radius 3 is 2.68 bits per heavy atom. The fourth-order valence-corrected chi connectivity index (χ4v) is 2.08. The van der Waals surface area contributed by atoms with Crippen LogP contribution in [-0.2, 0) is 6.54 Å². The molecule has 0 spiro atoms. The van der Waals surface area contributed by atoms with Crippen molar-refractivity contribution >= 4 is 5.91 Å². The smallest absolute Gasteiger partial charge is 0.277 e. The third-order valence-electron chi connectivity index (χ3n) is 3.37. The number of aromatic nitrogens is 3. The van der Waals surface area contributed by atoms with E-state index < -0.39 is 0 Å². The predicted molar refractivity (Wildman–Crippen MR) is 84.1 cm³/mol. The van der Waals surface area contributed by atoms with E-state index in [1.807, 2.05) is 31.2 Å². The van der Waals surface area contributed by atoms with Gasteiger partial charge in [0.05, 0.1) is 13.7 Å². The first-order chi connectivity index (χ1) is 10.7. The molecule has 1 aromatic carbocycles. The molecule has 0 saturated carbocycles. The van der Waals surface area contributed by atoms with Crippen molar-refractivity contribution in [1.29, 1.82) is 0 Å². The molecule has 1 aromatic heterocycles. The van der Waals surface area contributed by atoms with Crippen molar-refractivity contribution < 1.29 is 9.53 Å². The van der Waals surface area contributed by atoms with E-state index in [4.69, 9.17) is 4.74 Å². The minimum absolute atomic E-state index is 0.228. The maximum atomic E-state index is 12.1. The Kier molecular flexibility index (Phi) is 5.52. The Hall–Kier alpha value is -2.37. The average Bonchev–Trinajstić information content (AvgIpc) is 2.92. The summed E-state index contributed by atoms with van der Waals surface area (Å²) in [6.07, 6.45) is 1.96. The van der Waals surface area contributed by atoms with Crippen LogP contribution in [0.25, 0.3) is 0 Å². The highest BCUT2D eigenvalue weighted by molar-refractivity contribution is 5.94. The van der Waals surface area contributed by atoms with Gasteiger partial charge in [-0.25, -0.2) is 4.68 Å². The molecule has 1 amide bonds. The molecule has 1 heterocycles. The van der Waals surface area contributed by atoms with Crippen LogP contribution in [0.4, 0.5) is 0 Å². The van der Waals surface area contributed by atoms with Gasteiger partial charge in [-0.05, 0) is 18.9 Å². The molecule has 6 heteroatoms. The highest BCUT2D eigenvalue weighted by Gasteiger charge is 2.20. The van der Waals surface area contributed by atoms with Gasteiger partial charge < -0.3 is 10.1 Å². The molecule has 1 N–H and O–H groups in total. The minimum atomic E-state index is -0.250. The van der Waals surface area contributed by atoms with Crippen LogP contribution < -0.4 is 10.1 Å². The van der Waals surface area contributed by atoms with Crippen molar-refractivity contribution in [2.24, 2.45) is 0 Å². The zero-order valence-corrected chi connectivity index (χ0v) is 13.3. The number of aryl methyl sites for hydroxylation is 1. The monoisotopic (exact) mass is 302 g/mol. The molecule has 0 aliphatic carbocycles. The number of nitrogens with zero attached hydrogens (tertiary/aromatic N) is 3. The Morgan fingerprint density at radius 2 is 2.05 bits per heavy atom. The summed E-state index contributed by atoms with van der Waals surface area (Å²) in [6.45, 7) is 5.26. The summed E-state index contributed by atoms with van der Waals surface area (Å²) in [7, 11) is 1.52. The number of benzene rings is 1. The molecule has 0 bridgehead atoms.